The molecule has 3 aromatic rings. The second-order valence-corrected chi connectivity index (χ2v) is 7.87. The van der Waals surface area contributed by atoms with Crippen molar-refractivity contribution in [1.29, 1.82) is 0 Å². The van der Waals surface area contributed by atoms with Gasteiger partial charge in [-0.25, -0.2) is 0 Å². The Kier molecular flexibility index (Phi) is 9.26. The topological polar surface area (TPSA) is 63.5 Å². The molecule has 0 fully saturated rings. The number of ether oxygens (including phenoxy) is 2. The molecule has 0 bridgehead atoms. The molecule has 5 nitrogen and oxygen atoms in total. The third-order valence-electron chi connectivity index (χ3n) is 4.74. The summed E-state index contributed by atoms with van der Waals surface area (Å²) in [6.45, 7) is 7.62. The summed E-state index contributed by atoms with van der Waals surface area (Å²) >= 11 is 1.75. The van der Waals surface area contributed by atoms with Gasteiger partial charge in [0, 0.05) is 18.7 Å². The summed E-state index contributed by atoms with van der Waals surface area (Å²) < 4.78 is 13.4. The van der Waals surface area contributed by atoms with E-state index in [9.17, 15) is 9.90 Å². The number of carbonyl (C=O) groups excluding carboxylic acids is 1. The monoisotopic (exact) mass is 419 g/mol. The van der Waals surface area contributed by atoms with Crippen molar-refractivity contribution in [1.82, 2.24) is 4.57 Å². The number of carbonyl (C=O) groups is 1. The molecular weight excluding hydrogens is 393 g/mol. The van der Waals surface area contributed by atoms with E-state index in [1.165, 1.54) is 21.8 Å². The number of carboxylic acids is 1. The maximum atomic E-state index is 11.1. The Morgan fingerprint density at radius 2 is 1.90 bits per heavy atom. The van der Waals surface area contributed by atoms with Gasteiger partial charge in [0.1, 0.15) is 18.5 Å². The van der Waals surface area contributed by atoms with Gasteiger partial charge in [-0.2, -0.15) is 0 Å². The minimum atomic E-state index is -1.19. The van der Waals surface area contributed by atoms with Gasteiger partial charge in [-0.15, -0.1) is 11.3 Å². The van der Waals surface area contributed by atoms with Crippen LogP contribution < -0.4 is 28.7 Å². The van der Waals surface area contributed by atoms with Crippen LogP contribution in [0.15, 0.2) is 47.8 Å². The summed E-state index contributed by atoms with van der Waals surface area (Å²) in [4.78, 5) is 12.4. The Bertz CT molecular complexity index is 949. The number of hydrogen-bond donors (Lipinski definition) is 0. The van der Waals surface area contributed by atoms with Crippen LogP contribution in [0, 0.1) is 13.8 Å². The number of aryl methyl sites for hydroxylation is 2. The summed E-state index contributed by atoms with van der Waals surface area (Å²) in [5.74, 6) is -0.431. The molecule has 2 aromatic heterocycles. The smallest absolute Gasteiger partial charge is 0.547 e. The fraction of sp³-hybridized carbons (Fsp3) is 0.348. The van der Waals surface area contributed by atoms with E-state index in [1.54, 1.807) is 18.3 Å². The van der Waals surface area contributed by atoms with Crippen LogP contribution in [-0.2, 0) is 22.5 Å². The van der Waals surface area contributed by atoms with Gasteiger partial charge >= 0.3 is 18.9 Å². The molecular formula is C23H26LiNO4S. The molecule has 0 N–H and O–H groups in total. The zero-order valence-corrected chi connectivity index (χ0v) is 18.8. The maximum Gasteiger partial charge on any atom is 1.00 e. The fourth-order valence-electron chi connectivity index (χ4n) is 3.25. The van der Waals surface area contributed by atoms with Gasteiger partial charge in [-0.1, -0.05) is 12.1 Å². The Labute approximate surface area is 193 Å². The van der Waals surface area contributed by atoms with Crippen LogP contribution in [0.1, 0.15) is 23.7 Å². The summed E-state index contributed by atoms with van der Waals surface area (Å²) in [5.41, 5.74) is 4.56. The molecule has 0 saturated heterocycles. The first-order valence-corrected chi connectivity index (χ1v) is 10.6. The third kappa shape index (κ3) is 6.26. The molecule has 1 aromatic carbocycles. The Morgan fingerprint density at radius 1 is 1.17 bits per heavy atom. The molecule has 154 valence electrons. The molecule has 0 amide bonds. The van der Waals surface area contributed by atoms with Crippen LogP contribution in [0.2, 0.25) is 0 Å². The number of aliphatic carboxylic acids is 1. The van der Waals surface area contributed by atoms with Crippen LogP contribution in [0.4, 0.5) is 0 Å². The molecule has 0 aliphatic heterocycles. The van der Waals surface area contributed by atoms with Crippen molar-refractivity contribution in [2.45, 2.75) is 39.8 Å². The second-order valence-electron chi connectivity index (χ2n) is 6.96. The predicted octanol–water partition coefficient (Wildman–Crippen LogP) is 0.614. The van der Waals surface area contributed by atoms with Gasteiger partial charge < -0.3 is 23.9 Å². The average molecular weight is 419 g/mol. The first-order valence-electron chi connectivity index (χ1n) is 9.73. The van der Waals surface area contributed by atoms with E-state index in [0.29, 0.717) is 13.2 Å². The molecule has 30 heavy (non-hydrogen) atoms. The van der Waals surface area contributed by atoms with Crippen LogP contribution in [0.5, 0.6) is 5.75 Å². The predicted molar refractivity (Wildman–Crippen MR) is 113 cm³/mol. The van der Waals surface area contributed by atoms with Crippen molar-refractivity contribution in [2.24, 2.45) is 0 Å². The van der Waals surface area contributed by atoms with Crippen LogP contribution in [0.25, 0.3) is 10.6 Å². The molecule has 1 atom stereocenters. The maximum absolute atomic E-state index is 11.1. The van der Waals surface area contributed by atoms with Crippen molar-refractivity contribution in [3.05, 3.63) is 64.7 Å². The van der Waals surface area contributed by atoms with Crippen molar-refractivity contribution in [3.63, 3.8) is 0 Å². The second kappa shape index (κ2) is 11.4. The van der Waals surface area contributed by atoms with E-state index in [-0.39, 0.29) is 25.3 Å². The van der Waals surface area contributed by atoms with E-state index in [1.807, 2.05) is 24.3 Å². The molecule has 3 rings (SSSR count). The molecule has 0 aliphatic carbocycles. The Balaban J connectivity index is 0.00000320. The summed E-state index contributed by atoms with van der Waals surface area (Å²) in [7, 11) is 0. The van der Waals surface area contributed by atoms with E-state index >= 15 is 0 Å². The summed E-state index contributed by atoms with van der Waals surface area (Å²) in [6.07, 6.45) is -0.648. The first kappa shape index (κ1) is 24.3. The Hall–Kier alpha value is -1.97. The number of nitrogens with zero attached hydrogens (tertiary/aromatic N) is 1. The fourth-order valence-corrected chi connectivity index (χ4v) is 4.18. The average Bonchev–Trinajstić information content (AvgIpc) is 3.28. The molecule has 0 aliphatic rings. The van der Waals surface area contributed by atoms with E-state index < -0.39 is 12.1 Å². The molecule has 0 radical (unpaired) electrons. The van der Waals surface area contributed by atoms with Crippen LogP contribution in [-0.4, -0.2) is 29.9 Å². The van der Waals surface area contributed by atoms with Gasteiger partial charge in [-0.05, 0) is 67.6 Å². The van der Waals surface area contributed by atoms with Crippen molar-refractivity contribution >= 4 is 17.3 Å². The summed E-state index contributed by atoms with van der Waals surface area (Å²) in [6, 6.07) is 13.9. The number of benzene rings is 1. The minimum absolute atomic E-state index is 0. The van der Waals surface area contributed by atoms with Crippen LogP contribution >= 0.6 is 11.3 Å². The molecule has 1 unspecified atom stereocenters. The Morgan fingerprint density at radius 3 is 2.50 bits per heavy atom. The number of rotatable bonds is 10. The van der Waals surface area contributed by atoms with Crippen molar-refractivity contribution in [3.8, 4) is 16.3 Å². The van der Waals surface area contributed by atoms with Gasteiger partial charge in [0.15, 0.2) is 0 Å². The van der Waals surface area contributed by atoms with E-state index in [4.69, 9.17) is 9.47 Å². The number of thiophene rings is 1. The van der Waals surface area contributed by atoms with E-state index in [0.717, 1.165) is 17.9 Å². The normalized spacial score (nSPS) is 11.7. The number of aromatic nitrogens is 1. The van der Waals surface area contributed by atoms with E-state index in [2.05, 4.69) is 42.0 Å². The minimum Gasteiger partial charge on any atom is -0.547 e. The molecule has 0 saturated carbocycles. The van der Waals surface area contributed by atoms with Gasteiger partial charge in [0.2, 0.25) is 0 Å². The van der Waals surface area contributed by atoms with Gasteiger partial charge in [-0.3, -0.25) is 0 Å². The third-order valence-corrected chi connectivity index (χ3v) is 5.81. The standard InChI is InChI=1S/C23H27NO4S.Li/c1-4-27-21(23(25)26)14-18-6-8-19(9-7-18)28-12-11-24-17(3)5-10-20(24)22-13-16(2)15-29-22;/h5-10,13,15,21H,4,11-12,14H2,1-3H3,(H,25,26);/q;+1/p-1. The number of hydrogen-bond acceptors (Lipinski definition) is 5. The molecule has 2 heterocycles. The quantitative estimate of drug-likeness (QED) is 0.452. The van der Waals surface area contributed by atoms with Crippen LogP contribution in [0.3, 0.4) is 0 Å². The molecule has 7 heteroatoms. The van der Waals surface area contributed by atoms with Gasteiger partial charge in [0.25, 0.3) is 0 Å². The number of carboxylic acid groups (broad SMARTS) is 1. The summed E-state index contributed by atoms with van der Waals surface area (Å²) in [5, 5.41) is 13.3. The van der Waals surface area contributed by atoms with Gasteiger partial charge in [0.05, 0.1) is 23.1 Å². The van der Waals surface area contributed by atoms with Crippen molar-refractivity contribution < 1.29 is 38.2 Å². The zero-order valence-electron chi connectivity index (χ0n) is 18.0. The molecule has 0 spiro atoms. The SMILES string of the molecule is CCOC(Cc1ccc(OCCn2c(C)ccc2-c2cc(C)cs2)cc1)C(=O)[O-].[Li+]. The van der Waals surface area contributed by atoms with Crippen molar-refractivity contribution in [2.75, 3.05) is 13.2 Å². The zero-order chi connectivity index (χ0) is 20.8. The first-order chi connectivity index (χ1) is 14.0. The largest absolute Gasteiger partial charge is 1.00 e.